The van der Waals surface area contributed by atoms with Gasteiger partial charge in [-0.05, 0) is 12.3 Å². The molecule has 0 aromatic heterocycles. The lowest BCUT2D eigenvalue weighted by Crippen LogP contribution is -2.30. The van der Waals surface area contributed by atoms with E-state index in [-0.39, 0.29) is 18.2 Å². The third kappa shape index (κ3) is 9.81. The second kappa shape index (κ2) is 10.1. The fourth-order valence-corrected chi connectivity index (χ4v) is 1.37. The van der Waals surface area contributed by atoms with Crippen LogP contribution in [0.2, 0.25) is 0 Å². The summed E-state index contributed by atoms with van der Waals surface area (Å²) in [6, 6.07) is 0. The first-order valence-electron chi connectivity index (χ1n) is 6.16. The van der Waals surface area contributed by atoms with E-state index in [1.165, 1.54) is 0 Å². The van der Waals surface area contributed by atoms with Crippen LogP contribution >= 0.6 is 0 Å². The molecule has 0 radical (unpaired) electrons. The standard InChI is InChI=1S/C12H23NO4/c1-3-6-17-7-5-11(14)13-9-10(4-2)8-12(15)16/h10H,3-9H2,1-2H3,(H,13,14)(H,15,16). The highest BCUT2D eigenvalue weighted by atomic mass is 16.5. The van der Waals surface area contributed by atoms with Crippen molar-refractivity contribution in [3.05, 3.63) is 0 Å². The number of carbonyl (C=O) groups is 2. The lowest BCUT2D eigenvalue weighted by Gasteiger charge is -2.13. The first-order valence-corrected chi connectivity index (χ1v) is 6.16. The molecule has 0 saturated carbocycles. The third-order valence-corrected chi connectivity index (χ3v) is 2.45. The van der Waals surface area contributed by atoms with Gasteiger partial charge in [-0.25, -0.2) is 0 Å². The maximum atomic E-state index is 11.4. The maximum absolute atomic E-state index is 11.4. The SMILES string of the molecule is CCCOCCC(=O)NCC(CC)CC(=O)O. The van der Waals surface area contributed by atoms with Gasteiger partial charge >= 0.3 is 5.97 Å². The van der Waals surface area contributed by atoms with Gasteiger partial charge in [-0.1, -0.05) is 20.3 Å². The van der Waals surface area contributed by atoms with Gasteiger partial charge in [0.25, 0.3) is 0 Å². The van der Waals surface area contributed by atoms with Crippen molar-refractivity contribution < 1.29 is 19.4 Å². The number of carboxylic acid groups (broad SMARTS) is 1. The van der Waals surface area contributed by atoms with Crippen LogP contribution in [-0.2, 0) is 14.3 Å². The minimum atomic E-state index is -0.822. The number of carbonyl (C=O) groups excluding carboxylic acids is 1. The van der Waals surface area contributed by atoms with Crippen molar-refractivity contribution in [3.8, 4) is 0 Å². The highest BCUT2D eigenvalue weighted by Gasteiger charge is 2.12. The number of ether oxygens (including phenoxy) is 1. The molecule has 1 amide bonds. The molecule has 5 nitrogen and oxygen atoms in total. The lowest BCUT2D eigenvalue weighted by atomic mass is 10.0. The molecule has 0 aromatic carbocycles. The molecule has 0 aliphatic carbocycles. The van der Waals surface area contributed by atoms with Crippen LogP contribution in [0.25, 0.3) is 0 Å². The molecule has 0 spiro atoms. The van der Waals surface area contributed by atoms with Crippen LogP contribution in [-0.4, -0.2) is 36.7 Å². The van der Waals surface area contributed by atoms with E-state index >= 15 is 0 Å². The fraction of sp³-hybridized carbons (Fsp3) is 0.833. The molecular weight excluding hydrogens is 222 g/mol. The van der Waals surface area contributed by atoms with Crippen LogP contribution in [0, 0.1) is 5.92 Å². The molecule has 0 aromatic rings. The van der Waals surface area contributed by atoms with Crippen LogP contribution < -0.4 is 5.32 Å². The Morgan fingerprint density at radius 1 is 1.29 bits per heavy atom. The first-order chi connectivity index (χ1) is 8.10. The quantitative estimate of drug-likeness (QED) is 0.571. The highest BCUT2D eigenvalue weighted by Crippen LogP contribution is 2.06. The van der Waals surface area contributed by atoms with Crippen molar-refractivity contribution in [3.63, 3.8) is 0 Å². The Hall–Kier alpha value is -1.10. The summed E-state index contributed by atoms with van der Waals surface area (Å²) >= 11 is 0. The summed E-state index contributed by atoms with van der Waals surface area (Å²) in [7, 11) is 0. The van der Waals surface area contributed by atoms with Gasteiger partial charge in [0.05, 0.1) is 6.61 Å². The predicted octanol–water partition coefficient (Wildman–Crippen LogP) is 1.42. The van der Waals surface area contributed by atoms with E-state index in [4.69, 9.17) is 9.84 Å². The van der Waals surface area contributed by atoms with E-state index in [1.54, 1.807) is 0 Å². The molecule has 0 heterocycles. The molecule has 0 fully saturated rings. The van der Waals surface area contributed by atoms with E-state index in [0.29, 0.717) is 26.2 Å². The topological polar surface area (TPSA) is 75.6 Å². The minimum Gasteiger partial charge on any atom is -0.481 e. The summed E-state index contributed by atoms with van der Waals surface area (Å²) in [4.78, 5) is 21.9. The number of nitrogens with one attached hydrogen (secondary N) is 1. The second-order valence-electron chi connectivity index (χ2n) is 4.04. The molecule has 0 aliphatic heterocycles. The summed E-state index contributed by atoms with van der Waals surface area (Å²) in [5.74, 6) is -0.893. The number of hydrogen-bond acceptors (Lipinski definition) is 3. The smallest absolute Gasteiger partial charge is 0.303 e. The molecule has 0 aliphatic rings. The van der Waals surface area contributed by atoms with Crippen LogP contribution in [0.5, 0.6) is 0 Å². The van der Waals surface area contributed by atoms with Crippen molar-refractivity contribution in [2.24, 2.45) is 5.92 Å². The predicted molar refractivity (Wildman–Crippen MR) is 64.8 cm³/mol. The molecule has 5 heteroatoms. The maximum Gasteiger partial charge on any atom is 0.303 e. The molecule has 1 atom stereocenters. The van der Waals surface area contributed by atoms with Gasteiger partial charge in [0.15, 0.2) is 0 Å². The summed E-state index contributed by atoms with van der Waals surface area (Å²) < 4.78 is 5.20. The normalized spacial score (nSPS) is 12.1. The van der Waals surface area contributed by atoms with E-state index in [0.717, 1.165) is 12.8 Å². The van der Waals surface area contributed by atoms with Gasteiger partial charge in [-0.3, -0.25) is 9.59 Å². The van der Waals surface area contributed by atoms with Crippen LogP contribution in [0.3, 0.4) is 0 Å². The van der Waals surface area contributed by atoms with Crippen molar-refractivity contribution in [2.75, 3.05) is 19.8 Å². The number of amides is 1. The van der Waals surface area contributed by atoms with Crippen molar-refractivity contribution in [2.45, 2.75) is 39.5 Å². The number of aliphatic carboxylic acids is 1. The summed E-state index contributed by atoms with van der Waals surface area (Å²) in [5, 5.41) is 11.4. The number of hydrogen-bond donors (Lipinski definition) is 2. The van der Waals surface area contributed by atoms with E-state index < -0.39 is 5.97 Å². The number of carboxylic acids is 1. The van der Waals surface area contributed by atoms with Gasteiger partial charge in [0.1, 0.15) is 0 Å². The Morgan fingerprint density at radius 3 is 2.53 bits per heavy atom. The Labute approximate surface area is 103 Å². The van der Waals surface area contributed by atoms with Gasteiger partial charge in [-0.15, -0.1) is 0 Å². The van der Waals surface area contributed by atoms with Crippen molar-refractivity contribution in [1.29, 1.82) is 0 Å². The first kappa shape index (κ1) is 15.9. The van der Waals surface area contributed by atoms with Crippen molar-refractivity contribution >= 4 is 11.9 Å². The van der Waals surface area contributed by atoms with E-state index in [1.807, 2.05) is 13.8 Å². The zero-order chi connectivity index (χ0) is 13.1. The molecule has 2 N–H and O–H groups in total. The molecule has 0 bridgehead atoms. The highest BCUT2D eigenvalue weighted by molar-refractivity contribution is 5.76. The van der Waals surface area contributed by atoms with E-state index in [9.17, 15) is 9.59 Å². The summed E-state index contributed by atoms with van der Waals surface area (Å²) in [6.45, 7) is 5.45. The molecule has 0 rings (SSSR count). The van der Waals surface area contributed by atoms with Gasteiger partial charge in [0.2, 0.25) is 5.91 Å². The van der Waals surface area contributed by atoms with Gasteiger partial charge < -0.3 is 15.2 Å². The molecule has 100 valence electrons. The summed E-state index contributed by atoms with van der Waals surface area (Å²) in [6.07, 6.45) is 2.13. The molecular formula is C12H23NO4. The Morgan fingerprint density at radius 2 is 2.00 bits per heavy atom. The van der Waals surface area contributed by atoms with Crippen LogP contribution in [0.4, 0.5) is 0 Å². The van der Waals surface area contributed by atoms with E-state index in [2.05, 4.69) is 5.32 Å². The monoisotopic (exact) mass is 245 g/mol. The Bertz CT molecular complexity index is 231. The van der Waals surface area contributed by atoms with Crippen LogP contribution in [0.15, 0.2) is 0 Å². The molecule has 0 saturated heterocycles. The Balaban J connectivity index is 3.62. The Kier molecular flexibility index (Phi) is 9.43. The van der Waals surface area contributed by atoms with Gasteiger partial charge in [-0.2, -0.15) is 0 Å². The summed E-state index contributed by atoms with van der Waals surface area (Å²) in [5.41, 5.74) is 0. The number of rotatable bonds is 10. The largest absolute Gasteiger partial charge is 0.481 e. The zero-order valence-electron chi connectivity index (χ0n) is 10.7. The average molecular weight is 245 g/mol. The second-order valence-corrected chi connectivity index (χ2v) is 4.04. The lowest BCUT2D eigenvalue weighted by molar-refractivity contribution is -0.138. The molecule has 1 unspecified atom stereocenters. The molecule has 17 heavy (non-hydrogen) atoms. The van der Waals surface area contributed by atoms with Crippen molar-refractivity contribution in [1.82, 2.24) is 5.32 Å². The fourth-order valence-electron chi connectivity index (χ4n) is 1.37. The average Bonchev–Trinajstić information content (AvgIpc) is 2.29. The minimum absolute atomic E-state index is 0.00742. The van der Waals surface area contributed by atoms with Gasteiger partial charge in [0, 0.05) is 26.0 Å². The van der Waals surface area contributed by atoms with Crippen LogP contribution in [0.1, 0.15) is 39.5 Å². The third-order valence-electron chi connectivity index (χ3n) is 2.45. The zero-order valence-corrected chi connectivity index (χ0v) is 10.7.